The minimum absolute atomic E-state index is 0.367. The summed E-state index contributed by atoms with van der Waals surface area (Å²) in [6.45, 7) is 6.06. The Labute approximate surface area is 105 Å². The van der Waals surface area contributed by atoms with E-state index in [1.165, 1.54) is 32.4 Å². The van der Waals surface area contributed by atoms with Gasteiger partial charge >= 0.3 is 0 Å². The number of hydrogen-bond acceptors (Lipinski definition) is 4. The average molecular weight is 242 g/mol. The minimum atomic E-state index is 0.367. The molecule has 2 saturated heterocycles. The van der Waals surface area contributed by atoms with Crippen molar-refractivity contribution in [1.29, 1.82) is 0 Å². The van der Waals surface area contributed by atoms with Crippen LogP contribution in [0.3, 0.4) is 0 Å². The monoisotopic (exact) mass is 242 g/mol. The van der Waals surface area contributed by atoms with Crippen LogP contribution >= 0.6 is 0 Å². The van der Waals surface area contributed by atoms with Crippen LogP contribution in [0.15, 0.2) is 0 Å². The lowest BCUT2D eigenvalue weighted by molar-refractivity contribution is 0.0165. The standard InChI is InChI=1S/C13H26N2O2/c1-15-7-5-12(10-15)14-6-3-8-16-11-13-4-2-9-17-13/h12-14H,2-11H2,1H3. The van der Waals surface area contributed by atoms with Gasteiger partial charge in [0.2, 0.25) is 0 Å². The normalized spacial score (nSPS) is 30.2. The van der Waals surface area contributed by atoms with Gasteiger partial charge < -0.3 is 19.7 Å². The second kappa shape index (κ2) is 7.31. The predicted octanol–water partition coefficient (Wildman–Crippen LogP) is 0.866. The van der Waals surface area contributed by atoms with Crippen molar-refractivity contribution in [3.8, 4) is 0 Å². The Hall–Kier alpha value is -0.160. The maximum Gasteiger partial charge on any atom is 0.0809 e. The smallest absolute Gasteiger partial charge is 0.0809 e. The molecule has 0 aromatic rings. The predicted molar refractivity (Wildman–Crippen MR) is 68.3 cm³/mol. The Kier molecular flexibility index (Phi) is 5.71. The van der Waals surface area contributed by atoms with Crippen molar-refractivity contribution in [1.82, 2.24) is 10.2 Å². The molecule has 4 heteroatoms. The molecule has 2 fully saturated rings. The topological polar surface area (TPSA) is 33.7 Å². The van der Waals surface area contributed by atoms with E-state index < -0.39 is 0 Å². The van der Waals surface area contributed by atoms with Gasteiger partial charge in [0.05, 0.1) is 12.7 Å². The molecule has 2 aliphatic rings. The van der Waals surface area contributed by atoms with Crippen LogP contribution in [-0.2, 0) is 9.47 Å². The maximum atomic E-state index is 5.63. The van der Waals surface area contributed by atoms with Gasteiger partial charge in [-0.1, -0.05) is 0 Å². The molecule has 0 saturated carbocycles. The Balaban J connectivity index is 1.38. The molecule has 0 amide bonds. The van der Waals surface area contributed by atoms with Crippen LogP contribution in [0.4, 0.5) is 0 Å². The fraction of sp³-hybridized carbons (Fsp3) is 1.00. The van der Waals surface area contributed by atoms with E-state index in [4.69, 9.17) is 9.47 Å². The van der Waals surface area contributed by atoms with Crippen molar-refractivity contribution in [2.45, 2.75) is 37.8 Å². The van der Waals surface area contributed by atoms with E-state index in [2.05, 4.69) is 17.3 Å². The molecule has 2 rings (SSSR count). The molecule has 4 nitrogen and oxygen atoms in total. The largest absolute Gasteiger partial charge is 0.379 e. The first-order valence-corrected chi connectivity index (χ1v) is 6.96. The van der Waals surface area contributed by atoms with Crippen molar-refractivity contribution < 1.29 is 9.47 Å². The summed E-state index contributed by atoms with van der Waals surface area (Å²) < 4.78 is 11.1. The number of nitrogens with one attached hydrogen (secondary N) is 1. The second-order valence-corrected chi connectivity index (χ2v) is 5.27. The molecule has 0 aliphatic carbocycles. The highest BCUT2D eigenvalue weighted by Crippen LogP contribution is 2.11. The fourth-order valence-electron chi connectivity index (χ4n) is 2.57. The van der Waals surface area contributed by atoms with Gasteiger partial charge in [0.15, 0.2) is 0 Å². The van der Waals surface area contributed by atoms with Crippen molar-refractivity contribution >= 4 is 0 Å². The third kappa shape index (κ3) is 4.92. The fourth-order valence-corrected chi connectivity index (χ4v) is 2.57. The van der Waals surface area contributed by atoms with Crippen LogP contribution in [-0.4, -0.2) is 63.5 Å². The minimum Gasteiger partial charge on any atom is -0.379 e. The van der Waals surface area contributed by atoms with E-state index in [1.54, 1.807) is 0 Å². The highest BCUT2D eigenvalue weighted by Gasteiger charge is 2.18. The first-order chi connectivity index (χ1) is 8.34. The summed E-state index contributed by atoms with van der Waals surface area (Å²) in [6.07, 6.45) is 5.13. The summed E-state index contributed by atoms with van der Waals surface area (Å²) in [5, 5.41) is 3.59. The van der Waals surface area contributed by atoms with Gasteiger partial charge in [0.1, 0.15) is 0 Å². The quantitative estimate of drug-likeness (QED) is 0.672. The van der Waals surface area contributed by atoms with E-state index in [0.29, 0.717) is 12.1 Å². The SMILES string of the molecule is CN1CCC(NCCCOCC2CCCO2)C1. The molecule has 0 bridgehead atoms. The summed E-state index contributed by atoms with van der Waals surface area (Å²) in [6, 6.07) is 0.693. The van der Waals surface area contributed by atoms with E-state index in [-0.39, 0.29) is 0 Å². The van der Waals surface area contributed by atoms with Crippen molar-refractivity contribution in [3.05, 3.63) is 0 Å². The highest BCUT2D eigenvalue weighted by atomic mass is 16.5. The zero-order valence-corrected chi connectivity index (χ0v) is 11.0. The van der Waals surface area contributed by atoms with Gasteiger partial charge in [-0.2, -0.15) is 0 Å². The molecule has 0 aromatic carbocycles. The van der Waals surface area contributed by atoms with Gasteiger partial charge in [-0.15, -0.1) is 0 Å². The lowest BCUT2D eigenvalue weighted by atomic mass is 10.2. The summed E-state index contributed by atoms with van der Waals surface area (Å²) in [5.41, 5.74) is 0. The second-order valence-electron chi connectivity index (χ2n) is 5.27. The number of nitrogens with zero attached hydrogens (tertiary/aromatic N) is 1. The Morgan fingerprint density at radius 3 is 3.06 bits per heavy atom. The first kappa shape index (κ1) is 13.3. The molecule has 2 unspecified atom stereocenters. The lowest BCUT2D eigenvalue weighted by Crippen LogP contribution is -2.32. The molecule has 100 valence electrons. The summed E-state index contributed by atoms with van der Waals surface area (Å²) in [5.74, 6) is 0. The van der Waals surface area contributed by atoms with Gasteiger partial charge in [0.25, 0.3) is 0 Å². The summed E-state index contributed by atoms with van der Waals surface area (Å²) in [4.78, 5) is 2.38. The molecule has 0 spiro atoms. The van der Waals surface area contributed by atoms with Crippen LogP contribution in [0.5, 0.6) is 0 Å². The van der Waals surface area contributed by atoms with Crippen molar-refractivity contribution in [3.63, 3.8) is 0 Å². The third-order valence-electron chi connectivity index (χ3n) is 3.62. The third-order valence-corrected chi connectivity index (χ3v) is 3.62. The maximum absolute atomic E-state index is 5.63. The number of ether oxygens (including phenoxy) is 2. The van der Waals surface area contributed by atoms with Crippen molar-refractivity contribution in [2.24, 2.45) is 0 Å². The van der Waals surface area contributed by atoms with Gasteiger partial charge in [0, 0.05) is 25.8 Å². The molecular formula is C13H26N2O2. The number of rotatable bonds is 7. The van der Waals surface area contributed by atoms with Gasteiger partial charge in [-0.3, -0.25) is 0 Å². The molecule has 2 heterocycles. The molecular weight excluding hydrogens is 216 g/mol. The lowest BCUT2D eigenvalue weighted by Gasteiger charge is -2.13. The Morgan fingerprint density at radius 1 is 1.41 bits per heavy atom. The number of likely N-dealkylation sites (tertiary alicyclic amines) is 1. The molecule has 0 radical (unpaired) electrons. The van der Waals surface area contributed by atoms with E-state index in [0.717, 1.165) is 32.8 Å². The molecule has 17 heavy (non-hydrogen) atoms. The molecule has 1 N–H and O–H groups in total. The van der Waals surface area contributed by atoms with Crippen LogP contribution in [0.1, 0.15) is 25.7 Å². The van der Waals surface area contributed by atoms with Crippen molar-refractivity contribution in [2.75, 3.05) is 46.5 Å². The van der Waals surface area contributed by atoms with Gasteiger partial charge in [-0.25, -0.2) is 0 Å². The van der Waals surface area contributed by atoms with Crippen LogP contribution < -0.4 is 5.32 Å². The zero-order valence-electron chi connectivity index (χ0n) is 11.0. The first-order valence-electron chi connectivity index (χ1n) is 6.96. The van der Waals surface area contributed by atoms with E-state index in [9.17, 15) is 0 Å². The average Bonchev–Trinajstić information content (AvgIpc) is 2.95. The number of likely N-dealkylation sites (N-methyl/N-ethyl adjacent to an activating group) is 1. The summed E-state index contributed by atoms with van der Waals surface area (Å²) >= 11 is 0. The zero-order chi connectivity index (χ0) is 11.9. The Morgan fingerprint density at radius 2 is 2.35 bits per heavy atom. The van der Waals surface area contributed by atoms with Crippen LogP contribution in [0, 0.1) is 0 Å². The van der Waals surface area contributed by atoms with Crippen LogP contribution in [0.25, 0.3) is 0 Å². The van der Waals surface area contributed by atoms with Gasteiger partial charge in [-0.05, 0) is 45.8 Å². The molecule has 2 aliphatic heterocycles. The summed E-state index contributed by atoms with van der Waals surface area (Å²) in [7, 11) is 2.19. The molecule has 0 aromatic heterocycles. The number of hydrogen-bond donors (Lipinski definition) is 1. The molecule has 2 atom stereocenters. The van der Waals surface area contributed by atoms with E-state index in [1.807, 2.05) is 0 Å². The van der Waals surface area contributed by atoms with Crippen LogP contribution in [0.2, 0.25) is 0 Å². The highest BCUT2D eigenvalue weighted by molar-refractivity contribution is 4.78. The Bertz CT molecular complexity index is 208. The van der Waals surface area contributed by atoms with E-state index >= 15 is 0 Å².